The monoisotopic (exact) mass is 226 g/mol. The van der Waals surface area contributed by atoms with Gasteiger partial charge in [0.25, 0.3) is 0 Å². The Morgan fingerprint density at radius 3 is 2.35 bits per heavy atom. The van der Waals surface area contributed by atoms with E-state index in [1.807, 2.05) is 25.2 Å². The van der Waals surface area contributed by atoms with E-state index >= 15 is 0 Å². The van der Waals surface area contributed by atoms with Gasteiger partial charge >= 0.3 is 0 Å². The van der Waals surface area contributed by atoms with Gasteiger partial charge in [0.05, 0.1) is 0 Å². The van der Waals surface area contributed by atoms with Crippen LogP contribution < -0.4 is 0 Å². The van der Waals surface area contributed by atoms with Crippen molar-refractivity contribution >= 4 is 5.57 Å². The SMILES string of the molecule is C=C/C(=C\C=C/C)c1ccc(CC(C)C)cc1. The van der Waals surface area contributed by atoms with E-state index in [1.165, 1.54) is 16.7 Å². The lowest BCUT2D eigenvalue weighted by atomic mass is 9.99. The number of hydrogen-bond acceptors (Lipinski definition) is 0. The van der Waals surface area contributed by atoms with Crippen LogP contribution in [0, 0.1) is 5.92 Å². The average molecular weight is 226 g/mol. The average Bonchev–Trinajstić information content (AvgIpc) is 2.31. The first-order valence-corrected chi connectivity index (χ1v) is 6.22. The summed E-state index contributed by atoms with van der Waals surface area (Å²) in [5.41, 5.74) is 3.79. The first kappa shape index (κ1) is 13.5. The minimum Gasteiger partial charge on any atom is -0.0984 e. The van der Waals surface area contributed by atoms with Crippen molar-refractivity contribution < 1.29 is 0 Å². The fraction of sp³-hybridized carbons (Fsp3) is 0.294. The maximum Gasteiger partial charge on any atom is -0.0184 e. The highest BCUT2D eigenvalue weighted by atomic mass is 14.0. The van der Waals surface area contributed by atoms with Gasteiger partial charge in [-0.05, 0) is 36.0 Å². The molecule has 0 aromatic heterocycles. The molecule has 1 aromatic rings. The number of hydrogen-bond donors (Lipinski definition) is 0. The van der Waals surface area contributed by atoms with E-state index in [1.54, 1.807) is 0 Å². The van der Waals surface area contributed by atoms with Crippen molar-refractivity contribution in [1.82, 2.24) is 0 Å². The molecule has 0 saturated heterocycles. The standard InChI is InChI=1S/C17H22/c1-5-7-8-16(6-2)17-11-9-15(10-12-17)13-14(3)4/h5-12,14H,2,13H2,1,3-4H3/b7-5-,16-8+. The Labute approximate surface area is 105 Å². The van der Waals surface area contributed by atoms with Crippen molar-refractivity contribution in [3.8, 4) is 0 Å². The largest absolute Gasteiger partial charge is 0.0984 e. The molecule has 0 aliphatic rings. The summed E-state index contributed by atoms with van der Waals surface area (Å²) in [5, 5.41) is 0. The van der Waals surface area contributed by atoms with Crippen LogP contribution in [-0.2, 0) is 6.42 Å². The Bertz CT molecular complexity index is 402. The van der Waals surface area contributed by atoms with E-state index < -0.39 is 0 Å². The van der Waals surface area contributed by atoms with Crippen LogP contribution in [0.15, 0.2) is 55.1 Å². The molecule has 0 fully saturated rings. The molecular formula is C17H22. The summed E-state index contributed by atoms with van der Waals surface area (Å²) < 4.78 is 0. The molecule has 0 amide bonds. The summed E-state index contributed by atoms with van der Waals surface area (Å²) in [4.78, 5) is 0. The summed E-state index contributed by atoms with van der Waals surface area (Å²) in [7, 11) is 0. The molecule has 0 aliphatic heterocycles. The Morgan fingerprint density at radius 1 is 1.24 bits per heavy atom. The molecular weight excluding hydrogens is 204 g/mol. The third-order valence-electron chi connectivity index (χ3n) is 2.62. The Balaban J connectivity index is 2.89. The highest BCUT2D eigenvalue weighted by molar-refractivity contribution is 5.74. The second-order valence-corrected chi connectivity index (χ2v) is 4.65. The van der Waals surface area contributed by atoms with Crippen LogP contribution in [0.2, 0.25) is 0 Å². The smallest absolute Gasteiger partial charge is 0.0184 e. The highest BCUT2D eigenvalue weighted by Gasteiger charge is 1.99. The van der Waals surface area contributed by atoms with Gasteiger partial charge in [0.2, 0.25) is 0 Å². The third-order valence-corrected chi connectivity index (χ3v) is 2.62. The van der Waals surface area contributed by atoms with Crippen molar-refractivity contribution in [2.75, 3.05) is 0 Å². The Morgan fingerprint density at radius 2 is 1.88 bits per heavy atom. The van der Waals surface area contributed by atoms with Gasteiger partial charge in [0.15, 0.2) is 0 Å². The zero-order valence-electron chi connectivity index (χ0n) is 11.1. The van der Waals surface area contributed by atoms with Gasteiger partial charge in [-0.25, -0.2) is 0 Å². The molecule has 0 N–H and O–H groups in total. The van der Waals surface area contributed by atoms with Crippen molar-refractivity contribution in [3.05, 3.63) is 66.3 Å². The van der Waals surface area contributed by atoms with Gasteiger partial charge < -0.3 is 0 Å². The minimum absolute atomic E-state index is 0.707. The van der Waals surface area contributed by atoms with E-state index in [4.69, 9.17) is 0 Å². The van der Waals surface area contributed by atoms with Crippen molar-refractivity contribution in [3.63, 3.8) is 0 Å². The fourth-order valence-corrected chi connectivity index (χ4v) is 1.79. The van der Waals surface area contributed by atoms with E-state index in [9.17, 15) is 0 Å². The summed E-state index contributed by atoms with van der Waals surface area (Å²) in [5.74, 6) is 0.707. The normalized spacial score (nSPS) is 12.4. The molecule has 0 unspecified atom stereocenters. The van der Waals surface area contributed by atoms with Crippen molar-refractivity contribution in [1.29, 1.82) is 0 Å². The molecule has 17 heavy (non-hydrogen) atoms. The molecule has 90 valence electrons. The number of rotatable bonds is 5. The zero-order chi connectivity index (χ0) is 12.7. The van der Waals surface area contributed by atoms with Crippen LogP contribution in [0.1, 0.15) is 31.9 Å². The van der Waals surface area contributed by atoms with E-state index in [0.717, 1.165) is 6.42 Å². The second-order valence-electron chi connectivity index (χ2n) is 4.65. The molecule has 0 heterocycles. The molecule has 0 bridgehead atoms. The molecule has 0 spiro atoms. The van der Waals surface area contributed by atoms with Gasteiger partial charge in [-0.3, -0.25) is 0 Å². The van der Waals surface area contributed by atoms with Crippen LogP contribution in [-0.4, -0.2) is 0 Å². The first-order chi connectivity index (χ1) is 8.17. The lowest BCUT2D eigenvalue weighted by Gasteiger charge is -2.07. The second kappa shape index (κ2) is 6.90. The summed E-state index contributed by atoms with van der Waals surface area (Å²) in [6.07, 6.45) is 9.19. The molecule has 0 atom stereocenters. The van der Waals surface area contributed by atoms with E-state index in [-0.39, 0.29) is 0 Å². The maximum atomic E-state index is 3.86. The van der Waals surface area contributed by atoms with Gasteiger partial charge in [-0.15, -0.1) is 0 Å². The van der Waals surface area contributed by atoms with E-state index in [0.29, 0.717) is 5.92 Å². The quantitative estimate of drug-likeness (QED) is 0.618. The molecule has 1 rings (SSSR count). The number of allylic oxidation sites excluding steroid dienone is 5. The molecule has 0 aliphatic carbocycles. The first-order valence-electron chi connectivity index (χ1n) is 6.22. The topological polar surface area (TPSA) is 0 Å². The molecule has 0 heteroatoms. The summed E-state index contributed by atoms with van der Waals surface area (Å²) >= 11 is 0. The summed E-state index contributed by atoms with van der Waals surface area (Å²) in [6, 6.07) is 8.77. The van der Waals surface area contributed by atoms with Crippen LogP contribution in [0.25, 0.3) is 5.57 Å². The predicted molar refractivity (Wildman–Crippen MR) is 78.0 cm³/mol. The molecule has 1 aromatic carbocycles. The lowest BCUT2D eigenvalue weighted by Crippen LogP contribution is -1.93. The molecule has 0 saturated carbocycles. The zero-order valence-corrected chi connectivity index (χ0v) is 11.1. The maximum absolute atomic E-state index is 3.86. The number of benzene rings is 1. The van der Waals surface area contributed by atoms with Crippen molar-refractivity contribution in [2.24, 2.45) is 5.92 Å². The van der Waals surface area contributed by atoms with Crippen molar-refractivity contribution in [2.45, 2.75) is 27.2 Å². The fourth-order valence-electron chi connectivity index (χ4n) is 1.79. The summed E-state index contributed by atoms with van der Waals surface area (Å²) in [6.45, 7) is 10.4. The Kier molecular flexibility index (Phi) is 5.48. The Hall–Kier alpha value is -1.56. The van der Waals surface area contributed by atoms with Crippen LogP contribution >= 0.6 is 0 Å². The van der Waals surface area contributed by atoms with Crippen LogP contribution in [0.4, 0.5) is 0 Å². The lowest BCUT2D eigenvalue weighted by molar-refractivity contribution is 0.647. The van der Waals surface area contributed by atoms with Gasteiger partial charge in [-0.2, -0.15) is 0 Å². The molecule has 0 radical (unpaired) electrons. The highest BCUT2D eigenvalue weighted by Crippen LogP contribution is 2.17. The van der Waals surface area contributed by atoms with Crippen LogP contribution in [0.5, 0.6) is 0 Å². The van der Waals surface area contributed by atoms with Gasteiger partial charge in [-0.1, -0.05) is 69.0 Å². The predicted octanol–water partition coefficient (Wildman–Crippen LogP) is 5.03. The molecule has 0 nitrogen and oxygen atoms in total. The van der Waals surface area contributed by atoms with Crippen LogP contribution in [0.3, 0.4) is 0 Å². The van der Waals surface area contributed by atoms with Gasteiger partial charge in [0.1, 0.15) is 0 Å². The van der Waals surface area contributed by atoms with Gasteiger partial charge in [0, 0.05) is 0 Å². The van der Waals surface area contributed by atoms with E-state index in [2.05, 4.69) is 50.8 Å². The third kappa shape index (κ3) is 4.44. The minimum atomic E-state index is 0.707.